The molecule has 2 aromatic rings. The molecule has 0 fully saturated rings. The Morgan fingerprint density at radius 2 is 1.53 bits per heavy atom. The van der Waals surface area contributed by atoms with Gasteiger partial charge in [-0.2, -0.15) is 0 Å². The van der Waals surface area contributed by atoms with E-state index in [1.165, 1.54) is 24.0 Å². The summed E-state index contributed by atoms with van der Waals surface area (Å²) in [5.74, 6) is 0.326. The van der Waals surface area contributed by atoms with E-state index < -0.39 is 0 Å². The van der Waals surface area contributed by atoms with E-state index in [9.17, 15) is 5.11 Å². The fourth-order valence-corrected chi connectivity index (χ4v) is 2.07. The lowest BCUT2D eigenvalue weighted by Gasteiger charge is -2.05. The van der Waals surface area contributed by atoms with E-state index in [1.807, 2.05) is 12.1 Å². The molecule has 2 nitrogen and oxygen atoms in total. The molecule has 2 rings (SSSR count). The van der Waals surface area contributed by atoms with Crippen LogP contribution in [0, 0.1) is 0 Å². The van der Waals surface area contributed by atoms with E-state index in [-0.39, 0.29) is 0 Å². The molecule has 0 amide bonds. The molecular weight excluding hydrogens is 234 g/mol. The molecule has 0 aliphatic rings. The largest absolute Gasteiger partial charge is 0.508 e. The summed E-state index contributed by atoms with van der Waals surface area (Å²) >= 11 is 0. The number of hydrogen-bond acceptors (Lipinski definition) is 2. The van der Waals surface area contributed by atoms with Crippen LogP contribution in [0.5, 0.6) is 5.75 Å². The second kappa shape index (κ2) is 7.59. The van der Waals surface area contributed by atoms with Gasteiger partial charge in [0.1, 0.15) is 5.75 Å². The quantitative estimate of drug-likeness (QED) is 0.742. The average Bonchev–Trinajstić information content (AvgIpc) is 2.46. The summed E-state index contributed by atoms with van der Waals surface area (Å²) in [6, 6.07) is 18.0. The van der Waals surface area contributed by atoms with Gasteiger partial charge in [0, 0.05) is 6.54 Å². The molecule has 0 spiro atoms. The predicted octanol–water partition coefficient (Wildman–Crippen LogP) is 3.50. The average molecular weight is 255 g/mol. The van der Waals surface area contributed by atoms with E-state index in [1.54, 1.807) is 12.1 Å². The van der Waals surface area contributed by atoms with Gasteiger partial charge in [-0.15, -0.1) is 0 Å². The first-order valence-electron chi connectivity index (χ1n) is 6.87. The molecule has 0 aromatic heterocycles. The standard InChI is InChI=1S/C17H21NO/c19-17-11-9-16(10-12-17)14-18-13-5-4-8-15-6-2-1-3-7-15/h1-3,6-7,9-12,18-19H,4-5,8,13-14H2. The van der Waals surface area contributed by atoms with Gasteiger partial charge in [0.05, 0.1) is 0 Å². The minimum Gasteiger partial charge on any atom is -0.508 e. The Morgan fingerprint density at radius 3 is 2.26 bits per heavy atom. The fraction of sp³-hybridized carbons (Fsp3) is 0.294. The molecule has 0 bridgehead atoms. The molecular formula is C17H21NO. The maximum atomic E-state index is 9.19. The predicted molar refractivity (Wildman–Crippen MR) is 79.2 cm³/mol. The van der Waals surface area contributed by atoms with Gasteiger partial charge in [-0.1, -0.05) is 42.5 Å². The lowest BCUT2D eigenvalue weighted by Crippen LogP contribution is -2.14. The van der Waals surface area contributed by atoms with E-state index in [2.05, 4.69) is 35.6 Å². The highest BCUT2D eigenvalue weighted by atomic mass is 16.3. The second-order valence-electron chi connectivity index (χ2n) is 4.79. The lowest BCUT2D eigenvalue weighted by atomic mass is 10.1. The van der Waals surface area contributed by atoms with Crippen molar-refractivity contribution in [2.24, 2.45) is 0 Å². The first-order chi connectivity index (χ1) is 9.34. The molecule has 100 valence electrons. The number of unbranched alkanes of at least 4 members (excludes halogenated alkanes) is 1. The maximum absolute atomic E-state index is 9.19. The summed E-state index contributed by atoms with van der Waals surface area (Å²) in [5, 5.41) is 12.6. The minimum atomic E-state index is 0.326. The van der Waals surface area contributed by atoms with Crippen molar-refractivity contribution in [3.05, 3.63) is 65.7 Å². The maximum Gasteiger partial charge on any atom is 0.115 e. The molecule has 2 heteroatoms. The third kappa shape index (κ3) is 5.14. The third-order valence-electron chi connectivity index (χ3n) is 3.18. The Bertz CT molecular complexity index is 464. The van der Waals surface area contributed by atoms with Crippen LogP contribution in [0.1, 0.15) is 24.0 Å². The summed E-state index contributed by atoms with van der Waals surface area (Å²) < 4.78 is 0. The van der Waals surface area contributed by atoms with Gasteiger partial charge >= 0.3 is 0 Å². The van der Waals surface area contributed by atoms with Crippen molar-refractivity contribution in [1.29, 1.82) is 0 Å². The Balaban J connectivity index is 1.56. The number of benzene rings is 2. The number of hydrogen-bond donors (Lipinski definition) is 2. The zero-order valence-corrected chi connectivity index (χ0v) is 11.2. The molecule has 2 N–H and O–H groups in total. The van der Waals surface area contributed by atoms with Crippen LogP contribution in [-0.4, -0.2) is 11.7 Å². The minimum absolute atomic E-state index is 0.326. The van der Waals surface area contributed by atoms with Gasteiger partial charge in [0.15, 0.2) is 0 Å². The fourth-order valence-electron chi connectivity index (χ4n) is 2.07. The SMILES string of the molecule is Oc1ccc(CNCCCCc2ccccc2)cc1. The highest BCUT2D eigenvalue weighted by molar-refractivity contribution is 5.25. The van der Waals surface area contributed by atoms with Crippen molar-refractivity contribution in [2.75, 3.05) is 6.54 Å². The molecule has 2 aromatic carbocycles. The Kier molecular flexibility index (Phi) is 5.45. The summed E-state index contributed by atoms with van der Waals surface area (Å²) in [7, 11) is 0. The monoisotopic (exact) mass is 255 g/mol. The van der Waals surface area contributed by atoms with Gasteiger partial charge in [0.25, 0.3) is 0 Å². The third-order valence-corrected chi connectivity index (χ3v) is 3.18. The Morgan fingerprint density at radius 1 is 0.789 bits per heavy atom. The van der Waals surface area contributed by atoms with Crippen molar-refractivity contribution in [3.8, 4) is 5.75 Å². The van der Waals surface area contributed by atoms with Gasteiger partial charge in [-0.3, -0.25) is 0 Å². The van der Waals surface area contributed by atoms with Crippen LogP contribution in [0.25, 0.3) is 0 Å². The second-order valence-corrected chi connectivity index (χ2v) is 4.79. The number of nitrogens with one attached hydrogen (secondary N) is 1. The van der Waals surface area contributed by atoms with E-state index in [0.717, 1.165) is 19.5 Å². The van der Waals surface area contributed by atoms with Crippen LogP contribution in [0.15, 0.2) is 54.6 Å². The molecule has 0 saturated heterocycles. The van der Waals surface area contributed by atoms with E-state index >= 15 is 0 Å². The highest BCUT2D eigenvalue weighted by Gasteiger charge is 1.94. The van der Waals surface area contributed by atoms with Gasteiger partial charge < -0.3 is 10.4 Å². The van der Waals surface area contributed by atoms with Crippen LogP contribution in [-0.2, 0) is 13.0 Å². The van der Waals surface area contributed by atoms with Crippen LogP contribution in [0.2, 0.25) is 0 Å². The van der Waals surface area contributed by atoms with Gasteiger partial charge in [-0.25, -0.2) is 0 Å². The summed E-state index contributed by atoms with van der Waals surface area (Å²) in [6.45, 7) is 1.90. The molecule has 19 heavy (non-hydrogen) atoms. The van der Waals surface area contributed by atoms with Crippen molar-refractivity contribution in [3.63, 3.8) is 0 Å². The van der Waals surface area contributed by atoms with Crippen molar-refractivity contribution in [2.45, 2.75) is 25.8 Å². The zero-order valence-electron chi connectivity index (χ0n) is 11.2. The van der Waals surface area contributed by atoms with Crippen molar-refractivity contribution in [1.82, 2.24) is 5.32 Å². The van der Waals surface area contributed by atoms with Crippen LogP contribution in [0.4, 0.5) is 0 Å². The molecule has 0 radical (unpaired) electrons. The van der Waals surface area contributed by atoms with Crippen molar-refractivity contribution >= 4 is 0 Å². The van der Waals surface area contributed by atoms with Gasteiger partial charge in [-0.05, 0) is 49.1 Å². The summed E-state index contributed by atoms with van der Waals surface area (Å²) in [4.78, 5) is 0. The number of aryl methyl sites for hydroxylation is 1. The van der Waals surface area contributed by atoms with Crippen LogP contribution < -0.4 is 5.32 Å². The molecule has 0 aliphatic heterocycles. The number of phenolic OH excluding ortho intramolecular Hbond substituents is 1. The number of rotatable bonds is 7. The number of phenols is 1. The summed E-state index contributed by atoms with van der Waals surface area (Å²) in [6.07, 6.45) is 3.56. The van der Waals surface area contributed by atoms with E-state index in [0.29, 0.717) is 5.75 Å². The first kappa shape index (κ1) is 13.6. The Hall–Kier alpha value is -1.80. The zero-order chi connectivity index (χ0) is 13.3. The van der Waals surface area contributed by atoms with Gasteiger partial charge in [0.2, 0.25) is 0 Å². The molecule has 0 heterocycles. The van der Waals surface area contributed by atoms with E-state index in [4.69, 9.17) is 0 Å². The summed E-state index contributed by atoms with van der Waals surface area (Å²) in [5.41, 5.74) is 2.63. The van der Waals surface area contributed by atoms with Crippen LogP contribution in [0.3, 0.4) is 0 Å². The molecule has 0 unspecified atom stereocenters. The smallest absolute Gasteiger partial charge is 0.115 e. The normalized spacial score (nSPS) is 10.5. The Labute approximate surface area is 115 Å². The topological polar surface area (TPSA) is 32.3 Å². The highest BCUT2D eigenvalue weighted by Crippen LogP contribution is 2.09. The van der Waals surface area contributed by atoms with Crippen LogP contribution >= 0.6 is 0 Å². The molecule has 0 saturated carbocycles. The first-order valence-corrected chi connectivity index (χ1v) is 6.87. The van der Waals surface area contributed by atoms with Crippen molar-refractivity contribution < 1.29 is 5.11 Å². The molecule has 0 atom stereocenters. The molecule has 0 aliphatic carbocycles. The number of aromatic hydroxyl groups is 1. The lowest BCUT2D eigenvalue weighted by molar-refractivity contribution is 0.475.